The average Bonchev–Trinajstić information content (AvgIpc) is 2.86. The number of hydrogen-bond acceptors (Lipinski definition) is 4. The Morgan fingerprint density at radius 3 is 3.06 bits per heavy atom. The van der Waals surface area contributed by atoms with Gasteiger partial charge in [0.05, 0.1) is 9.89 Å². The van der Waals surface area contributed by atoms with Gasteiger partial charge in [-0.1, -0.05) is 0 Å². The Hall–Kier alpha value is -0.720. The first-order valence-corrected chi connectivity index (χ1v) is 6.66. The molecule has 2 heterocycles. The Labute approximate surface area is 106 Å². The topological polar surface area (TPSA) is 50.9 Å². The van der Waals surface area contributed by atoms with Crippen LogP contribution in [0.1, 0.15) is 24.4 Å². The molecule has 0 fully saturated rings. The van der Waals surface area contributed by atoms with Crippen LogP contribution >= 0.6 is 27.3 Å². The molecule has 0 aromatic carbocycles. The van der Waals surface area contributed by atoms with Gasteiger partial charge in [-0.2, -0.15) is 5.10 Å². The van der Waals surface area contributed by atoms with E-state index in [0.29, 0.717) is 6.42 Å². The highest BCUT2D eigenvalue weighted by Gasteiger charge is 2.13. The molecular weight excluding hydrogens is 290 g/mol. The number of nitrogens with zero attached hydrogens (tertiary/aromatic N) is 3. The first-order valence-electron chi connectivity index (χ1n) is 4.99. The number of aromatic nitrogens is 3. The molecule has 0 bridgehead atoms. The maximum atomic E-state index is 10.0. The minimum absolute atomic E-state index is 0.497. The summed E-state index contributed by atoms with van der Waals surface area (Å²) in [7, 11) is 0. The van der Waals surface area contributed by atoms with Gasteiger partial charge in [0.1, 0.15) is 12.2 Å². The molecule has 6 heteroatoms. The quantitative estimate of drug-likeness (QED) is 0.943. The zero-order valence-corrected chi connectivity index (χ0v) is 11.2. The third kappa shape index (κ3) is 2.50. The second-order valence-electron chi connectivity index (χ2n) is 3.40. The molecular formula is C10H12BrN3OS. The number of aliphatic hydroxyl groups excluding tert-OH is 1. The maximum Gasteiger partial charge on any atom is 0.138 e. The molecule has 4 nitrogen and oxygen atoms in total. The van der Waals surface area contributed by atoms with Crippen LogP contribution in [0, 0.1) is 0 Å². The van der Waals surface area contributed by atoms with Crippen LogP contribution < -0.4 is 0 Å². The predicted molar refractivity (Wildman–Crippen MR) is 66.4 cm³/mol. The van der Waals surface area contributed by atoms with Crippen LogP contribution in [0.25, 0.3) is 0 Å². The van der Waals surface area contributed by atoms with E-state index in [1.807, 2.05) is 18.4 Å². The van der Waals surface area contributed by atoms with E-state index in [2.05, 4.69) is 26.0 Å². The fourth-order valence-corrected chi connectivity index (χ4v) is 2.72. The van der Waals surface area contributed by atoms with Crippen LogP contribution in [0.5, 0.6) is 0 Å². The van der Waals surface area contributed by atoms with Gasteiger partial charge in [0, 0.05) is 13.0 Å². The molecule has 1 N–H and O–H groups in total. The Morgan fingerprint density at radius 2 is 2.44 bits per heavy atom. The average molecular weight is 302 g/mol. The molecule has 0 spiro atoms. The SMILES string of the molecule is CCn1ncnc1CC(O)c1csc(Br)c1. The number of thiophene rings is 1. The summed E-state index contributed by atoms with van der Waals surface area (Å²) in [6.45, 7) is 2.78. The van der Waals surface area contributed by atoms with E-state index in [9.17, 15) is 5.11 Å². The van der Waals surface area contributed by atoms with E-state index in [1.54, 1.807) is 16.0 Å². The lowest BCUT2D eigenvalue weighted by Gasteiger charge is -2.08. The number of aliphatic hydroxyl groups is 1. The van der Waals surface area contributed by atoms with Crippen LogP contribution in [0.2, 0.25) is 0 Å². The maximum absolute atomic E-state index is 10.0. The molecule has 0 aliphatic heterocycles. The first kappa shape index (κ1) is 11.8. The summed E-state index contributed by atoms with van der Waals surface area (Å²) in [6, 6.07) is 1.93. The third-order valence-corrected chi connectivity index (χ3v) is 3.87. The van der Waals surface area contributed by atoms with Gasteiger partial charge in [0.2, 0.25) is 0 Å². The fraction of sp³-hybridized carbons (Fsp3) is 0.400. The molecule has 0 amide bonds. The van der Waals surface area contributed by atoms with Crippen molar-refractivity contribution in [3.05, 3.63) is 32.9 Å². The highest BCUT2D eigenvalue weighted by atomic mass is 79.9. The van der Waals surface area contributed by atoms with Crippen molar-refractivity contribution in [1.29, 1.82) is 0 Å². The Balaban J connectivity index is 2.10. The van der Waals surface area contributed by atoms with Crippen molar-refractivity contribution in [3.63, 3.8) is 0 Å². The van der Waals surface area contributed by atoms with E-state index in [-0.39, 0.29) is 0 Å². The van der Waals surface area contributed by atoms with Crippen molar-refractivity contribution >= 4 is 27.3 Å². The number of hydrogen-bond donors (Lipinski definition) is 1. The summed E-state index contributed by atoms with van der Waals surface area (Å²) in [6.07, 6.45) is 1.50. The van der Waals surface area contributed by atoms with E-state index in [4.69, 9.17) is 0 Å². The van der Waals surface area contributed by atoms with Crippen molar-refractivity contribution in [2.24, 2.45) is 0 Å². The van der Waals surface area contributed by atoms with E-state index < -0.39 is 6.10 Å². The van der Waals surface area contributed by atoms with Gasteiger partial charge in [-0.3, -0.25) is 4.68 Å². The molecule has 2 aromatic heterocycles. The number of aryl methyl sites for hydroxylation is 1. The summed E-state index contributed by atoms with van der Waals surface area (Å²) in [5.74, 6) is 0.817. The van der Waals surface area contributed by atoms with Crippen LogP contribution in [-0.2, 0) is 13.0 Å². The second-order valence-corrected chi connectivity index (χ2v) is 5.69. The standard InChI is InChI=1S/C10H12BrN3OS/c1-2-14-10(12-6-13-14)4-8(15)7-3-9(11)16-5-7/h3,5-6,8,15H,2,4H2,1H3. The lowest BCUT2D eigenvalue weighted by Crippen LogP contribution is -2.08. The zero-order valence-electron chi connectivity index (χ0n) is 8.80. The fourth-order valence-electron chi connectivity index (χ4n) is 1.50. The van der Waals surface area contributed by atoms with Gasteiger partial charge in [-0.25, -0.2) is 4.98 Å². The van der Waals surface area contributed by atoms with Crippen LogP contribution in [0.3, 0.4) is 0 Å². The highest BCUT2D eigenvalue weighted by Crippen LogP contribution is 2.26. The number of halogens is 1. The minimum atomic E-state index is -0.517. The molecule has 0 aliphatic carbocycles. The second kappa shape index (κ2) is 5.07. The Bertz CT molecular complexity index is 468. The molecule has 0 saturated heterocycles. The molecule has 2 aromatic rings. The summed E-state index contributed by atoms with van der Waals surface area (Å²) >= 11 is 4.95. The minimum Gasteiger partial charge on any atom is -0.388 e. The molecule has 16 heavy (non-hydrogen) atoms. The van der Waals surface area contributed by atoms with Crippen molar-refractivity contribution in [2.75, 3.05) is 0 Å². The van der Waals surface area contributed by atoms with Gasteiger partial charge in [0.15, 0.2) is 0 Å². The van der Waals surface area contributed by atoms with Gasteiger partial charge < -0.3 is 5.11 Å². The van der Waals surface area contributed by atoms with Crippen molar-refractivity contribution in [2.45, 2.75) is 26.0 Å². The van der Waals surface area contributed by atoms with Gasteiger partial charge in [-0.15, -0.1) is 11.3 Å². The van der Waals surface area contributed by atoms with E-state index in [1.165, 1.54) is 6.33 Å². The molecule has 0 aliphatic rings. The monoisotopic (exact) mass is 301 g/mol. The van der Waals surface area contributed by atoms with Crippen molar-refractivity contribution < 1.29 is 5.11 Å². The van der Waals surface area contributed by atoms with Gasteiger partial charge in [-0.05, 0) is 39.9 Å². The zero-order chi connectivity index (χ0) is 11.5. The Kier molecular flexibility index (Phi) is 3.73. The molecule has 86 valence electrons. The molecule has 0 radical (unpaired) electrons. The van der Waals surface area contributed by atoms with Crippen molar-refractivity contribution in [3.8, 4) is 0 Å². The van der Waals surface area contributed by atoms with Gasteiger partial charge in [0.25, 0.3) is 0 Å². The lowest BCUT2D eigenvalue weighted by atomic mass is 10.1. The molecule has 2 rings (SSSR count). The number of rotatable bonds is 4. The van der Waals surface area contributed by atoms with Crippen LogP contribution in [-0.4, -0.2) is 19.9 Å². The third-order valence-electron chi connectivity index (χ3n) is 2.34. The summed E-state index contributed by atoms with van der Waals surface area (Å²) in [4.78, 5) is 4.14. The predicted octanol–water partition coefficient (Wildman–Crippen LogP) is 2.40. The molecule has 1 unspecified atom stereocenters. The van der Waals surface area contributed by atoms with Crippen LogP contribution in [0.15, 0.2) is 21.6 Å². The van der Waals surface area contributed by atoms with E-state index >= 15 is 0 Å². The highest BCUT2D eigenvalue weighted by molar-refractivity contribution is 9.11. The normalized spacial score (nSPS) is 12.9. The Morgan fingerprint density at radius 1 is 1.62 bits per heavy atom. The van der Waals surface area contributed by atoms with Crippen molar-refractivity contribution in [1.82, 2.24) is 14.8 Å². The molecule has 1 atom stereocenters. The van der Waals surface area contributed by atoms with Crippen LogP contribution in [0.4, 0.5) is 0 Å². The smallest absolute Gasteiger partial charge is 0.138 e. The lowest BCUT2D eigenvalue weighted by molar-refractivity contribution is 0.174. The summed E-state index contributed by atoms with van der Waals surface area (Å²) in [5, 5.41) is 16.1. The largest absolute Gasteiger partial charge is 0.388 e. The summed E-state index contributed by atoms with van der Waals surface area (Å²) < 4.78 is 2.82. The molecule has 0 saturated carbocycles. The first-order chi connectivity index (χ1) is 7.70. The van der Waals surface area contributed by atoms with Gasteiger partial charge >= 0.3 is 0 Å². The van der Waals surface area contributed by atoms with E-state index in [0.717, 1.165) is 21.7 Å². The summed E-state index contributed by atoms with van der Waals surface area (Å²) in [5.41, 5.74) is 0.919.